The van der Waals surface area contributed by atoms with Crippen LogP contribution >= 0.6 is 0 Å². The van der Waals surface area contributed by atoms with Crippen LogP contribution in [-0.4, -0.2) is 27.0 Å². The summed E-state index contributed by atoms with van der Waals surface area (Å²) in [5.74, 6) is 0. The van der Waals surface area contributed by atoms with Crippen molar-refractivity contribution in [3.8, 4) is 0 Å². The summed E-state index contributed by atoms with van der Waals surface area (Å²) in [5.41, 5.74) is 6.18. The number of benzene rings is 1. The summed E-state index contributed by atoms with van der Waals surface area (Å²) < 4.78 is 21.0. The topological polar surface area (TPSA) is 98.4 Å². The number of aliphatic hydroxyl groups excluding tert-OH is 1. The summed E-state index contributed by atoms with van der Waals surface area (Å²) in [7, 11) is 0. The average Bonchev–Trinajstić information content (AvgIpc) is 2.17. The first-order chi connectivity index (χ1) is 6.66. The van der Waals surface area contributed by atoms with Crippen molar-refractivity contribution in [3.05, 3.63) is 30.3 Å². The van der Waals surface area contributed by atoms with Crippen molar-refractivity contribution < 1.29 is 13.9 Å². The highest BCUT2D eigenvalue weighted by Crippen LogP contribution is 1.95. The molecule has 0 spiro atoms. The molecule has 1 aromatic carbocycles. The molecule has 5 nitrogen and oxygen atoms in total. The molecule has 0 aliphatic carbocycles. The Kier molecular flexibility index (Phi) is 8.05. The summed E-state index contributed by atoms with van der Waals surface area (Å²) in [5, 5.41) is 7.98. The van der Waals surface area contributed by atoms with E-state index in [0.717, 1.165) is 5.69 Å². The van der Waals surface area contributed by atoms with Gasteiger partial charge in [0.25, 0.3) is 0 Å². The molecule has 80 valence electrons. The van der Waals surface area contributed by atoms with Crippen LogP contribution < -0.4 is 10.5 Å². The maximum Gasteiger partial charge on any atom is 0.0565 e. The molecule has 0 radical (unpaired) electrons. The van der Waals surface area contributed by atoms with Crippen molar-refractivity contribution in [2.24, 2.45) is 0 Å². The zero-order valence-electron chi connectivity index (χ0n) is 7.55. The van der Waals surface area contributed by atoms with Gasteiger partial charge in [0, 0.05) is 23.5 Å². The highest BCUT2D eigenvalue weighted by molar-refractivity contribution is 7.77. The fourth-order valence-corrected chi connectivity index (χ4v) is 0.840. The predicted octanol–water partition coefficient (Wildman–Crippen LogP) is -0.369. The molecular formula is C8H13N2O3S-. The van der Waals surface area contributed by atoms with Crippen molar-refractivity contribution in [1.29, 1.82) is 0 Å². The van der Waals surface area contributed by atoms with Crippen molar-refractivity contribution in [1.82, 2.24) is 4.72 Å². The van der Waals surface area contributed by atoms with Crippen LogP contribution in [0.1, 0.15) is 0 Å². The Hall–Kier alpha value is -0.950. The smallest absolute Gasteiger partial charge is 0.0565 e. The molecule has 1 rings (SSSR count). The fraction of sp³-hybridized carbons (Fsp3) is 0.250. The molecule has 0 heterocycles. The van der Waals surface area contributed by atoms with E-state index in [4.69, 9.17) is 10.8 Å². The Morgan fingerprint density at radius 1 is 1.43 bits per heavy atom. The van der Waals surface area contributed by atoms with Gasteiger partial charge in [0.15, 0.2) is 0 Å². The molecule has 0 saturated heterocycles. The maximum absolute atomic E-state index is 9.54. The summed E-state index contributed by atoms with van der Waals surface area (Å²) >= 11 is -2.23. The lowest BCUT2D eigenvalue weighted by Crippen LogP contribution is -2.19. The van der Waals surface area contributed by atoms with Crippen molar-refractivity contribution >= 4 is 17.0 Å². The molecular weight excluding hydrogens is 204 g/mol. The second-order valence-corrected chi connectivity index (χ2v) is 3.02. The van der Waals surface area contributed by atoms with Gasteiger partial charge in [-0.1, -0.05) is 18.2 Å². The van der Waals surface area contributed by atoms with E-state index in [1.165, 1.54) is 0 Å². The minimum atomic E-state index is -2.23. The molecule has 14 heavy (non-hydrogen) atoms. The van der Waals surface area contributed by atoms with Crippen LogP contribution in [0.4, 0.5) is 5.69 Å². The molecule has 0 aliphatic rings. The number of para-hydroxylation sites is 1. The monoisotopic (exact) mass is 217 g/mol. The third kappa shape index (κ3) is 9.14. The zero-order valence-corrected chi connectivity index (χ0v) is 8.37. The quantitative estimate of drug-likeness (QED) is 0.475. The first kappa shape index (κ1) is 13.0. The molecule has 1 atom stereocenters. The lowest BCUT2D eigenvalue weighted by atomic mass is 10.3. The Bertz CT molecular complexity index is 256. The van der Waals surface area contributed by atoms with Gasteiger partial charge in [-0.2, -0.15) is 0 Å². The summed E-state index contributed by atoms with van der Waals surface area (Å²) in [4.78, 5) is 0. The summed E-state index contributed by atoms with van der Waals surface area (Å²) in [6.07, 6.45) is 0. The van der Waals surface area contributed by atoms with Crippen LogP contribution in [0.3, 0.4) is 0 Å². The molecule has 1 aromatic rings. The van der Waals surface area contributed by atoms with Gasteiger partial charge in [0.1, 0.15) is 0 Å². The van der Waals surface area contributed by atoms with Gasteiger partial charge in [-0.05, 0) is 12.1 Å². The van der Waals surface area contributed by atoms with E-state index in [9.17, 15) is 8.76 Å². The second kappa shape index (κ2) is 8.64. The Morgan fingerprint density at radius 2 is 2.00 bits per heavy atom. The first-order valence-corrected chi connectivity index (χ1v) is 4.98. The number of hydrogen-bond acceptors (Lipinski definition) is 4. The van der Waals surface area contributed by atoms with Crippen molar-refractivity contribution in [2.45, 2.75) is 0 Å². The van der Waals surface area contributed by atoms with Crippen LogP contribution in [0.5, 0.6) is 0 Å². The van der Waals surface area contributed by atoms with Crippen molar-refractivity contribution in [2.75, 3.05) is 18.9 Å². The van der Waals surface area contributed by atoms with E-state index in [2.05, 4.69) is 0 Å². The van der Waals surface area contributed by atoms with Crippen molar-refractivity contribution in [3.63, 3.8) is 0 Å². The fourth-order valence-electron chi connectivity index (χ4n) is 0.582. The number of rotatable bonds is 3. The molecule has 0 amide bonds. The van der Waals surface area contributed by atoms with E-state index in [0.29, 0.717) is 0 Å². The molecule has 0 aromatic heterocycles. The summed E-state index contributed by atoms with van der Waals surface area (Å²) in [6, 6.07) is 9.49. The number of aliphatic hydroxyl groups is 1. The molecule has 6 heteroatoms. The van der Waals surface area contributed by atoms with E-state index in [1.807, 2.05) is 35.1 Å². The number of anilines is 1. The van der Waals surface area contributed by atoms with Crippen LogP contribution in [0.15, 0.2) is 30.3 Å². The highest BCUT2D eigenvalue weighted by Gasteiger charge is 1.76. The number of nitrogens with two attached hydrogens (primary N) is 1. The molecule has 0 fully saturated rings. The van der Waals surface area contributed by atoms with Crippen LogP contribution in [0.25, 0.3) is 0 Å². The number of nitrogens with one attached hydrogen (secondary N) is 1. The second-order valence-electron chi connectivity index (χ2n) is 2.26. The molecule has 4 N–H and O–H groups in total. The minimum Gasteiger partial charge on any atom is -0.760 e. The van der Waals surface area contributed by atoms with E-state index < -0.39 is 11.3 Å². The van der Waals surface area contributed by atoms with E-state index in [-0.39, 0.29) is 13.2 Å². The van der Waals surface area contributed by atoms with Gasteiger partial charge in [-0.3, -0.25) is 4.21 Å². The van der Waals surface area contributed by atoms with Gasteiger partial charge in [0.2, 0.25) is 0 Å². The SMILES string of the molecule is Nc1ccccc1.O=S([O-])NCCO. The molecule has 0 saturated carbocycles. The molecule has 0 bridgehead atoms. The van der Waals surface area contributed by atoms with Crippen LogP contribution in [0.2, 0.25) is 0 Å². The average molecular weight is 217 g/mol. The lowest BCUT2D eigenvalue weighted by Gasteiger charge is -2.02. The third-order valence-corrected chi connectivity index (χ3v) is 1.57. The van der Waals surface area contributed by atoms with Gasteiger partial charge in [-0.15, -0.1) is 0 Å². The predicted molar refractivity (Wildman–Crippen MR) is 54.9 cm³/mol. The first-order valence-electron chi connectivity index (χ1n) is 3.91. The van der Waals surface area contributed by atoms with Gasteiger partial charge in [0.05, 0.1) is 6.61 Å². The lowest BCUT2D eigenvalue weighted by molar-refractivity contribution is 0.300. The maximum atomic E-state index is 9.54. The Morgan fingerprint density at radius 3 is 2.21 bits per heavy atom. The minimum absolute atomic E-state index is 0.0934. The van der Waals surface area contributed by atoms with Crippen LogP contribution in [-0.2, 0) is 11.3 Å². The standard InChI is InChI=1S/C6H7N.C2H7NO3S/c7-6-4-2-1-3-5-6;4-2-1-3-7(5)6/h1-5H,7H2;3-4H,1-2H2,(H,5,6)/p-1. The van der Waals surface area contributed by atoms with Crippen LogP contribution in [0, 0.1) is 0 Å². The molecule has 0 aliphatic heterocycles. The molecule has 1 unspecified atom stereocenters. The third-order valence-electron chi connectivity index (χ3n) is 1.13. The van der Waals surface area contributed by atoms with Gasteiger partial charge in [-0.25, -0.2) is 4.72 Å². The Balaban J connectivity index is 0.000000241. The zero-order chi connectivity index (χ0) is 10.8. The number of hydrogen-bond donors (Lipinski definition) is 3. The van der Waals surface area contributed by atoms with E-state index >= 15 is 0 Å². The summed E-state index contributed by atoms with van der Waals surface area (Å²) in [6.45, 7) is -0.0654. The van der Waals surface area contributed by atoms with Gasteiger partial charge < -0.3 is 15.4 Å². The Labute approximate surface area is 85.4 Å². The van der Waals surface area contributed by atoms with E-state index in [1.54, 1.807) is 0 Å². The largest absolute Gasteiger partial charge is 0.760 e. The normalized spacial score (nSPS) is 11.3. The number of nitrogen functional groups attached to an aromatic ring is 1. The highest BCUT2D eigenvalue weighted by atomic mass is 32.2. The van der Waals surface area contributed by atoms with Gasteiger partial charge >= 0.3 is 0 Å².